The summed E-state index contributed by atoms with van der Waals surface area (Å²) in [7, 11) is 0. The van der Waals surface area contributed by atoms with Crippen molar-refractivity contribution in [3.05, 3.63) is 65.0 Å². The topological polar surface area (TPSA) is 35.2 Å². The van der Waals surface area contributed by atoms with Crippen molar-refractivity contribution in [2.45, 2.75) is 32.9 Å². The van der Waals surface area contributed by atoms with Gasteiger partial charge in [-0.2, -0.15) is 0 Å². The molecule has 20 heavy (non-hydrogen) atoms. The minimum absolute atomic E-state index is 0.261. The van der Waals surface area contributed by atoms with Gasteiger partial charge in [0.25, 0.3) is 0 Å². The van der Waals surface area contributed by atoms with E-state index in [4.69, 9.17) is 10.5 Å². The van der Waals surface area contributed by atoms with Crippen molar-refractivity contribution in [3.8, 4) is 5.75 Å². The SMILES string of the molecule is CCc1ccc(COc2ccc(F)cc2[C@H](C)N)cc1. The van der Waals surface area contributed by atoms with Gasteiger partial charge < -0.3 is 10.5 Å². The van der Waals surface area contributed by atoms with E-state index in [9.17, 15) is 4.39 Å². The number of rotatable bonds is 5. The fourth-order valence-corrected chi connectivity index (χ4v) is 2.04. The summed E-state index contributed by atoms with van der Waals surface area (Å²) in [5.74, 6) is 0.345. The molecule has 0 saturated carbocycles. The summed E-state index contributed by atoms with van der Waals surface area (Å²) in [5, 5.41) is 0. The Morgan fingerprint density at radius 2 is 1.75 bits per heavy atom. The van der Waals surface area contributed by atoms with E-state index in [0.29, 0.717) is 17.9 Å². The molecule has 0 bridgehead atoms. The van der Waals surface area contributed by atoms with Crippen molar-refractivity contribution < 1.29 is 9.13 Å². The summed E-state index contributed by atoms with van der Waals surface area (Å²) in [6.45, 7) is 4.39. The lowest BCUT2D eigenvalue weighted by Crippen LogP contribution is -2.08. The molecule has 0 unspecified atom stereocenters. The quantitative estimate of drug-likeness (QED) is 0.894. The van der Waals surface area contributed by atoms with Crippen LogP contribution in [-0.4, -0.2) is 0 Å². The van der Waals surface area contributed by atoms with Gasteiger partial charge in [-0.25, -0.2) is 4.39 Å². The molecule has 0 amide bonds. The van der Waals surface area contributed by atoms with Crippen molar-refractivity contribution in [2.24, 2.45) is 5.73 Å². The molecule has 0 radical (unpaired) electrons. The number of benzene rings is 2. The number of hydrogen-bond donors (Lipinski definition) is 1. The largest absolute Gasteiger partial charge is 0.489 e. The molecule has 0 saturated heterocycles. The van der Waals surface area contributed by atoms with Gasteiger partial charge in [0.05, 0.1) is 0 Å². The average molecular weight is 273 g/mol. The minimum Gasteiger partial charge on any atom is -0.489 e. The van der Waals surface area contributed by atoms with Crippen molar-refractivity contribution in [1.29, 1.82) is 0 Å². The molecule has 2 rings (SSSR count). The Kier molecular flexibility index (Phi) is 4.74. The van der Waals surface area contributed by atoms with Crippen LogP contribution >= 0.6 is 0 Å². The fraction of sp³-hybridized carbons (Fsp3) is 0.294. The Bertz CT molecular complexity index is 564. The van der Waals surface area contributed by atoms with Crippen LogP contribution in [0.3, 0.4) is 0 Å². The van der Waals surface area contributed by atoms with Crippen LogP contribution in [0, 0.1) is 5.82 Å². The van der Waals surface area contributed by atoms with E-state index in [1.807, 2.05) is 19.1 Å². The van der Waals surface area contributed by atoms with E-state index in [1.54, 1.807) is 6.07 Å². The second-order valence-electron chi connectivity index (χ2n) is 4.93. The number of aryl methyl sites for hydroxylation is 1. The fourth-order valence-electron chi connectivity index (χ4n) is 2.04. The standard InChI is InChI=1S/C17H20FNO/c1-3-13-4-6-14(7-5-13)11-20-17-9-8-15(18)10-16(17)12(2)19/h4-10,12H,3,11,19H2,1-2H3/t12-/m0/s1. The van der Waals surface area contributed by atoms with Crippen molar-refractivity contribution in [1.82, 2.24) is 0 Å². The van der Waals surface area contributed by atoms with Crippen LogP contribution < -0.4 is 10.5 Å². The van der Waals surface area contributed by atoms with E-state index in [0.717, 1.165) is 12.0 Å². The van der Waals surface area contributed by atoms with Crippen LogP contribution in [-0.2, 0) is 13.0 Å². The highest BCUT2D eigenvalue weighted by Gasteiger charge is 2.09. The Balaban J connectivity index is 2.10. The first-order valence-corrected chi connectivity index (χ1v) is 6.85. The van der Waals surface area contributed by atoms with Gasteiger partial charge in [0.1, 0.15) is 18.2 Å². The molecule has 0 aromatic heterocycles. The van der Waals surface area contributed by atoms with E-state index < -0.39 is 0 Å². The Labute approximate surface area is 119 Å². The molecule has 2 N–H and O–H groups in total. The smallest absolute Gasteiger partial charge is 0.124 e. The second-order valence-corrected chi connectivity index (χ2v) is 4.93. The van der Waals surface area contributed by atoms with E-state index >= 15 is 0 Å². The van der Waals surface area contributed by atoms with Crippen LogP contribution in [0.4, 0.5) is 4.39 Å². The third kappa shape index (κ3) is 3.58. The first-order valence-electron chi connectivity index (χ1n) is 6.85. The molecule has 0 heterocycles. The highest BCUT2D eigenvalue weighted by molar-refractivity contribution is 5.36. The molecule has 0 aliphatic rings. The molecule has 0 aliphatic carbocycles. The van der Waals surface area contributed by atoms with E-state index in [1.165, 1.54) is 17.7 Å². The molecule has 0 aliphatic heterocycles. The summed E-state index contributed by atoms with van der Waals surface area (Å²) in [5.41, 5.74) is 8.92. The van der Waals surface area contributed by atoms with Crippen LogP contribution in [0.5, 0.6) is 5.75 Å². The van der Waals surface area contributed by atoms with Gasteiger partial charge in [-0.1, -0.05) is 31.2 Å². The Morgan fingerprint density at radius 3 is 2.35 bits per heavy atom. The molecule has 2 aromatic rings. The van der Waals surface area contributed by atoms with E-state index in [2.05, 4.69) is 19.1 Å². The number of nitrogens with two attached hydrogens (primary N) is 1. The summed E-state index contributed by atoms with van der Waals surface area (Å²) in [6.07, 6.45) is 1.02. The zero-order valence-electron chi connectivity index (χ0n) is 11.9. The Hall–Kier alpha value is -1.87. The lowest BCUT2D eigenvalue weighted by molar-refractivity contribution is 0.301. The molecule has 0 spiro atoms. The molecule has 0 fully saturated rings. The monoisotopic (exact) mass is 273 g/mol. The second kappa shape index (κ2) is 6.53. The van der Waals surface area contributed by atoms with Gasteiger partial charge in [-0.3, -0.25) is 0 Å². The maximum atomic E-state index is 13.2. The average Bonchev–Trinajstić information content (AvgIpc) is 2.46. The Morgan fingerprint density at radius 1 is 1.10 bits per heavy atom. The minimum atomic E-state index is -0.294. The van der Waals surface area contributed by atoms with Gasteiger partial charge in [-0.15, -0.1) is 0 Å². The third-order valence-corrected chi connectivity index (χ3v) is 3.29. The van der Waals surface area contributed by atoms with Crippen molar-refractivity contribution >= 4 is 0 Å². The zero-order chi connectivity index (χ0) is 14.5. The van der Waals surface area contributed by atoms with Gasteiger partial charge in [-0.05, 0) is 42.7 Å². The lowest BCUT2D eigenvalue weighted by atomic mass is 10.1. The third-order valence-electron chi connectivity index (χ3n) is 3.29. The van der Waals surface area contributed by atoms with Gasteiger partial charge in [0.15, 0.2) is 0 Å². The molecule has 2 aromatic carbocycles. The summed E-state index contributed by atoms with van der Waals surface area (Å²) >= 11 is 0. The highest BCUT2D eigenvalue weighted by Crippen LogP contribution is 2.25. The first-order chi connectivity index (χ1) is 9.60. The number of halogens is 1. The van der Waals surface area contributed by atoms with E-state index in [-0.39, 0.29) is 11.9 Å². The van der Waals surface area contributed by atoms with Gasteiger partial charge in [0.2, 0.25) is 0 Å². The molecule has 1 atom stereocenters. The number of hydrogen-bond acceptors (Lipinski definition) is 2. The van der Waals surface area contributed by atoms with Crippen LogP contribution in [0.2, 0.25) is 0 Å². The zero-order valence-corrected chi connectivity index (χ0v) is 11.9. The summed E-state index contributed by atoms with van der Waals surface area (Å²) in [4.78, 5) is 0. The van der Waals surface area contributed by atoms with Gasteiger partial charge in [0, 0.05) is 11.6 Å². The predicted molar refractivity (Wildman–Crippen MR) is 79.2 cm³/mol. The molecular formula is C17H20FNO. The lowest BCUT2D eigenvalue weighted by Gasteiger charge is -2.14. The summed E-state index contributed by atoms with van der Waals surface area (Å²) < 4.78 is 19.0. The maximum Gasteiger partial charge on any atom is 0.124 e. The van der Waals surface area contributed by atoms with Crippen LogP contribution in [0.1, 0.15) is 36.6 Å². The molecule has 3 heteroatoms. The molecule has 106 valence electrons. The highest BCUT2D eigenvalue weighted by atomic mass is 19.1. The first kappa shape index (κ1) is 14.5. The summed E-state index contributed by atoms with van der Waals surface area (Å²) in [6, 6.07) is 12.5. The van der Waals surface area contributed by atoms with Gasteiger partial charge >= 0.3 is 0 Å². The van der Waals surface area contributed by atoms with Crippen LogP contribution in [0.25, 0.3) is 0 Å². The number of ether oxygens (including phenoxy) is 1. The van der Waals surface area contributed by atoms with Crippen molar-refractivity contribution in [3.63, 3.8) is 0 Å². The maximum absolute atomic E-state index is 13.2. The predicted octanol–water partition coefficient (Wildman–Crippen LogP) is 3.99. The van der Waals surface area contributed by atoms with Crippen LogP contribution in [0.15, 0.2) is 42.5 Å². The normalized spacial score (nSPS) is 12.2. The molecular weight excluding hydrogens is 253 g/mol. The molecule has 2 nitrogen and oxygen atoms in total. The van der Waals surface area contributed by atoms with Crippen molar-refractivity contribution in [2.75, 3.05) is 0 Å².